The van der Waals surface area contributed by atoms with E-state index in [1.165, 1.54) is 31.4 Å². The number of methoxy groups -OCH3 is 2. The molecule has 0 aliphatic heterocycles. The van der Waals surface area contributed by atoms with Gasteiger partial charge in [-0.3, -0.25) is 4.79 Å². The van der Waals surface area contributed by atoms with Crippen LogP contribution in [0.2, 0.25) is 0 Å². The molecule has 1 atom stereocenters. The molecule has 2 N–H and O–H groups in total. The molecule has 0 saturated heterocycles. The van der Waals surface area contributed by atoms with Crippen molar-refractivity contribution in [3.05, 3.63) is 54.1 Å². The van der Waals surface area contributed by atoms with E-state index in [0.29, 0.717) is 11.5 Å². The number of carbonyl (C=O) groups is 1. The first kappa shape index (κ1) is 22.7. The Kier molecular flexibility index (Phi) is 8.44. The molecule has 0 saturated carbocycles. The average Bonchev–Trinajstić information content (AvgIpc) is 2.72. The summed E-state index contributed by atoms with van der Waals surface area (Å²) >= 11 is 0. The molecule has 0 unspecified atom stereocenters. The standard InChI is InChI=1S/C20H26N2O6S/c1-15(18-6-4-5-7-19(18)27-3)22-20(23)14-28-16-8-10-17(11-9-16)29(24,25)21-12-13-26-2/h4-11,15,21H,12-14H2,1-3H3,(H,22,23)/t15-/m0/s1. The molecule has 0 radical (unpaired) electrons. The maximum atomic E-state index is 12.2. The van der Waals surface area contributed by atoms with E-state index in [1.807, 2.05) is 31.2 Å². The minimum atomic E-state index is -3.61. The van der Waals surface area contributed by atoms with Crippen LogP contribution in [-0.4, -0.2) is 48.3 Å². The molecule has 0 heterocycles. The highest BCUT2D eigenvalue weighted by Crippen LogP contribution is 2.24. The Hall–Kier alpha value is -2.62. The van der Waals surface area contributed by atoms with E-state index in [1.54, 1.807) is 7.11 Å². The molecule has 0 aliphatic rings. The van der Waals surface area contributed by atoms with Gasteiger partial charge >= 0.3 is 0 Å². The Balaban J connectivity index is 1.88. The third-order valence-corrected chi connectivity index (χ3v) is 5.56. The van der Waals surface area contributed by atoms with Gasteiger partial charge in [-0.05, 0) is 37.3 Å². The van der Waals surface area contributed by atoms with Crippen molar-refractivity contribution in [2.45, 2.75) is 17.9 Å². The first-order valence-electron chi connectivity index (χ1n) is 9.01. The zero-order valence-corrected chi connectivity index (χ0v) is 17.5. The summed E-state index contributed by atoms with van der Waals surface area (Å²) in [6.07, 6.45) is 0. The summed E-state index contributed by atoms with van der Waals surface area (Å²) in [5, 5.41) is 2.84. The van der Waals surface area contributed by atoms with Crippen molar-refractivity contribution in [2.75, 3.05) is 34.0 Å². The molecule has 2 aromatic carbocycles. The van der Waals surface area contributed by atoms with E-state index >= 15 is 0 Å². The highest BCUT2D eigenvalue weighted by atomic mass is 32.2. The summed E-state index contributed by atoms with van der Waals surface area (Å²) in [5.41, 5.74) is 0.860. The number of nitrogens with one attached hydrogen (secondary N) is 2. The topological polar surface area (TPSA) is 103 Å². The number of hydrogen-bond acceptors (Lipinski definition) is 6. The number of para-hydroxylation sites is 1. The van der Waals surface area contributed by atoms with E-state index in [9.17, 15) is 13.2 Å². The van der Waals surface area contributed by atoms with Crippen molar-refractivity contribution >= 4 is 15.9 Å². The van der Waals surface area contributed by atoms with Crippen LogP contribution in [0.25, 0.3) is 0 Å². The molecular formula is C20H26N2O6S. The van der Waals surface area contributed by atoms with Crippen molar-refractivity contribution in [3.8, 4) is 11.5 Å². The normalized spacial score (nSPS) is 12.2. The van der Waals surface area contributed by atoms with Crippen LogP contribution in [0.5, 0.6) is 11.5 Å². The average molecular weight is 423 g/mol. The fourth-order valence-corrected chi connectivity index (χ4v) is 3.62. The summed E-state index contributed by atoms with van der Waals surface area (Å²) in [7, 11) is -0.540. The van der Waals surface area contributed by atoms with Gasteiger partial charge in [-0.15, -0.1) is 0 Å². The second kappa shape index (κ2) is 10.8. The predicted octanol–water partition coefficient (Wildman–Crippen LogP) is 1.88. The number of hydrogen-bond donors (Lipinski definition) is 2. The molecule has 1 amide bonds. The zero-order valence-electron chi connectivity index (χ0n) is 16.7. The highest BCUT2D eigenvalue weighted by Gasteiger charge is 2.15. The lowest BCUT2D eigenvalue weighted by atomic mass is 10.1. The van der Waals surface area contributed by atoms with Crippen molar-refractivity contribution in [2.24, 2.45) is 0 Å². The summed E-state index contributed by atoms with van der Waals surface area (Å²) in [6.45, 7) is 2.12. The SMILES string of the molecule is COCCNS(=O)(=O)c1ccc(OCC(=O)N[C@@H](C)c2ccccc2OC)cc1. The Morgan fingerprint density at radius 2 is 1.76 bits per heavy atom. The third kappa shape index (κ3) is 6.74. The Morgan fingerprint density at radius 3 is 2.41 bits per heavy atom. The number of rotatable bonds is 11. The summed E-state index contributed by atoms with van der Waals surface area (Å²) in [4.78, 5) is 12.3. The van der Waals surface area contributed by atoms with Crippen LogP contribution in [0, 0.1) is 0 Å². The monoisotopic (exact) mass is 422 g/mol. The van der Waals surface area contributed by atoms with E-state index in [4.69, 9.17) is 14.2 Å². The van der Waals surface area contributed by atoms with Crippen LogP contribution in [0.1, 0.15) is 18.5 Å². The first-order valence-corrected chi connectivity index (χ1v) is 10.5. The lowest BCUT2D eigenvalue weighted by Gasteiger charge is -2.17. The molecule has 2 aromatic rings. The second-order valence-corrected chi connectivity index (χ2v) is 7.95. The van der Waals surface area contributed by atoms with Gasteiger partial charge in [0.1, 0.15) is 11.5 Å². The molecule has 9 heteroatoms. The smallest absolute Gasteiger partial charge is 0.258 e. The number of ether oxygens (including phenoxy) is 3. The molecule has 158 valence electrons. The zero-order chi connectivity index (χ0) is 21.3. The molecule has 0 aromatic heterocycles. The van der Waals surface area contributed by atoms with Crippen LogP contribution >= 0.6 is 0 Å². The van der Waals surface area contributed by atoms with Crippen molar-refractivity contribution < 1.29 is 27.4 Å². The summed E-state index contributed by atoms with van der Waals surface area (Å²) < 4.78 is 42.2. The number of carbonyl (C=O) groups excluding carboxylic acids is 1. The van der Waals surface area contributed by atoms with E-state index in [-0.39, 0.29) is 36.6 Å². The number of benzene rings is 2. The molecule has 29 heavy (non-hydrogen) atoms. The quantitative estimate of drug-likeness (QED) is 0.536. The van der Waals surface area contributed by atoms with Crippen molar-refractivity contribution in [1.82, 2.24) is 10.0 Å². The number of sulfonamides is 1. The predicted molar refractivity (Wildman–Crippen MR) is 109 cm³/mol. The third-order valence-electron chi connectivity index (χ3n) is 4.09. The Morgan fingerprint density at radius 1 is 1.07 bits per heavy atom. The fourth-order valence-electron chi connectivity index (χ4n) is 2.61. The van der Waals surface area contributed by atoms with Crippen LogP contribution < -0.4 is 19.5 Å². The highest BCUT2D eigenvalue weighted by molar-refractivity contribution is 7.89. The van der Waals surface area contributed by atoms with Crippen LogP contribution in [-0.2, 0) is 19.6 Å². The molecule has 0 spiro atoms. The molecule has 0 bridgehead atoms. The number of amides is 1. The van der Waals surface area contributed by atoms with Gasteiger partial charge in [-0.25, -0.2) is 13.1 Å². The molecular weight excluding hydrogens is 396 g/mol. The molecule has 0 aliphatic carbocycles. The Labute approximate surface area is 171 Å². The lowest BCUT2D eigenvalue weighted by molar-refractivity contribution is -0.123. The van der Waals surface area contributed by atoms with Gasteiger partial charge in [-0.2, -0.15) is 0 Å². The van der Waals surface area contributed by atoms with Gasteiger partial charge in [0.2, 0.25) is 10.0 Å². The maximum absolute atomic E-state index is 12.2. The van der Waals surface area contributed by atoms with E-state index < -0.39 is 10.0 Å². The summed E-state index contributed by atoms with van der Waals surface area (Å²) in [6, 6.07) is 13.0. The van der Waals surface area contributed by atoms with Crippen LogP contribution in [0.3, 0.4) is 0 Å². The van der Waals surface area contributed by atoms with Gasteiger partial charge < -0.3 is 19.5 Å². The van der Waals surface area contributed by atoms with Gasteiger partial charge in [0.25, 0.3) is 5.91 Å². The summed E-state index contributed by atoms with van der Waals surface area (Å²) in [5.74, 6) is 0.777. The van der Waals surface area contributed by atoms with Crippen LogP contribution in [0.4, 0.5) is 0 Å². The largest absolute Gasteiger partial charge is 0.496 e. The van der Waals surface area contributed by atoms with Gasteiger partial charge in [0, 0.05) is 19.2 Å². The minimum absolute atomic E-state index is 0.107. The van der Waals surface area contributed by atoms with E-state index in [2.05, 4.69) is 10.0 Å². The van der Waals surface area contributed by atoms with E-state index in [0.717, 1.165) is 5.56 Å². The van der Waals surface area contributed by atoms with Gasteiger partial charge in [0.15, 0.2) is 6.61 Å². The molecule has 8 nitrogen and oxygen atoms in total. The maximum Gasteiger partial charge on any atom is 0.258 e. The van der Waals surface area contributed by atoms with Gasteiger partial charge in [-0.1, -0.05) is 18.2 Å². The van der Waals surface area contributed by atoms with Crippen LogP contribution in [0.15, 0.2) is 53.4 Å². The molecule has 2 rings (SSSR count). The fraction of sp³-hybridized carbons (Fsp3) is 0.350. The van der Waals surface area contributed by atoms with Crippen molar-refractivity contribution in [3.63, 3.8) is 0 Å². The Bertz CT molecular complexity index is 899. The first-order chi connectivity index (χ1) is 13.9. The second-order valence-electron chi connectivity index (χ2n) is 6.18. The minimum Gasteiger partial charge on any atom is -0.496 e. The molecule has 0 fully saturated rings. The lowest BCUT2D eigenvalue weighted by Crippen LogP contribution is -2.31. The van der Waals surface area contributed by atoms with Crippen molar-refractivity contribution in [1.29, 1.82) is 0 Å². The van der Waals surface area contributed by atoms with Gasteiger partial charge in [0.05, 0.1) is 24.7 Å².